The molecule has 0 radical (unpaired) electrons. The van der Waals surface area contributed by atoms with Gasteiger partial charge >= 0.3 is 0 Å². The van der Waals surface area contributed by atoms with Gasteiger partial charge in [-0.2, -0.15) is 0 Å². The lowest BCUT2D eigenvalue weighted by molar-refractivity contribution is -0.249. The van der Waals surface area contributed by atoms with Gasteiger partial charge in [-0.1, -0.05) is 0 Å². The smallest absolute Gasteiger partial charge is 0.0943 e. The van der Waals surface area contributed by atoms with Crippen molar-refractivity contribution >= 4 is 0 Å². The fourth-order valence-corrected chi connectivity index (χ4v) is 4.69. The molecule has 0 bridgehead atoms. The number of nitrogens with zero attached hydrogens (tertiary/aromatic N) is 6. The monoisotopic (exact) mass is 336 g/mol. The fraction of sp³-hybridized carbons (Fsp3) is 1.00. The predicted octanol–water partition coefficient (Wildman–Crippen LogP) is 0.932. The molecule has 0 aromatic carbocycles. The van der Waals surface area contributed by atoms with E-state index in [1.54, 1.807) is 0 Å². The van der Waals surface area contributed by atoms with Crippen molar-refractivity contribution in [3.05, 3.63) is 0 Å². The van der Waals surface area contributed by atoms with E-state index in [4.69, 9.17) is 0 Å². The molecule has 0 amide bonds. The third-order valence-electron chi connectivity index (χ3n) is 6.42. The molecule has 4 fully saturated rings. The van der Waals surface area contributed by atoms with E-state index in [-0.39, 0.29) is 11.1 Å². The van der Waals surface area contributed by atoms with Crippen LogP contribution in [-0.4, -0.2) is 106 Å². The standard InChI is InChI=1S/C18H36N6/c1-17(2,3)23-11-19-7-9-21-13-24(18(4,5)6)14-22-10-8-20(12-23)15(19)16(21)22/h15-16H,7-14H2,1-6H3. The molecule has 4 rings (SSSR count). The minimum Gasteiger partial charge on any atom is -0.273 e. The van der Waals surface area contributed by atoms with Gasteiger partial charge in [-0.3, -0.25) is 29.4 Å². The van der Waals surface area contributed by atoms with E-state index in [1.807, 2.05) is 0 Å². The summed E-state index contributed by atoms with van der Waals surface area (Å²) >= 11 is 0. The molecule has 138 valence electrons. The van der Waals surface area contributed by atoms with Crippen LogP contribution in [0, 0.1) is 0 Å². The zero-order valence-corrected chi connectivity index (χ0v) is 16.5. The van der Waals surface area contributed by atoms with E-state index < -0.39 is 0 Å². The third-order valence-corrected chi connectivity index (χ3v) is 6.42. The Morgan fingerprint density at radius 2 is 0.750 bits per heavy atom. The SMILES string of the molecule is CC(C)(C)N1CN2CCN3CN(C(C)(C)C)CN4CCN(C1)C2C34. The van der Waals surface area contributed by atoms with Crippen molar-refractivity contribution in [2.45, 2.75) is 65.0 Å². The molecular weight excluding hydrogens is 300 g/mol. The van der Waals surface area contributed by atoms with Crippen LogP contribution in [0.4, 0.5) is 0 Å². The summed E-state index contributed by atoms with van der Waals surface area (Å²) < 4.78 is 0. The Hall–Kier alpha value is -0.240. The fourth-order valence-electron chi connectivity index (χ4n) is 4.69. The van der Waals surface area contributed by atoms with Crippen LogP contribution < -0.4 is 0 Å². The second-order valence-electron chi connectivity index (χ2n) is 10.1. The van der Waals surface area contributed by atoms with Crippen LogP contribution in [0.25, 0.3) is 0 Å². The molecule has 6 heteroatoms. The van der Waals surface area contributed by atoms with Gasteiger partial charge in [-0.05, 0) is 41.5 Å². The molecule has 0 aromatic rings. The highest BCUT2D eigenvalue weighted by molar-refractivity contribution is 5.01. The molecule has 4 heterocycles. The Morgan fingerprint density at radius 3 is 0.958 bits per heavy atom. The largest absolute Gasteiger partial charge is 0.273 e. The molecule has 0 atom stereocenters. The highest BCUT2D eigenvalue weighted by atomic mass is 15.6. The van der Waals surface area contributed by atoms with E-state index in [0.717, 1.165) is 26.7 Å². The van der Waals surface area contributed by atoms with Crippen molar-refractivity contribution in [2.24, 2.45) is 0 Å². The maximum absolute atomic E-state index is 2.73. The molecule has 6 nitrogen and oxygen atoms in total. The van der Waals surface area contributed by atoms with Crippen molar-refractivity contribution in [2.75, 3.05) is 52.9 Å². The van der Waals surface area contributed by atoms with Gasteiger partial charge in [-0.15, -0.1) is 0 Å². The van der Waals surface area contributed by atoms with E-state index in [2.05, 4.69) is 70.9 Å². The minimum absolute atomic E-state index is 0.245. The topological polar surface area (TPSA) is 19.4 Å². The van der Waals surface area contributed by atoms with E-state index in [1.165, 1.54) is 26.2 Å². The van der Waals surface area contributed by atoms with Crippen LogP contribution in [0.5, 0.6) is 0 Å². The van der Waals surface area contributed by atoms with Crippen LogP contribution >= 0.6 is 0 Å². The third kappa shape index (κ3) is 2.81. The van der Waals surface area contributed by atoms with Crippen LogP contribution in [-0.2, 0) is 0 Å². The molecule has 4 aliphatic rings. The quantitative estimate of drug-likeness (QED) is 0.651. The van der Waals surface area contributed by atoms with Crippen molar-refractivity contribution in [3.8, 4) is 0 Å². The summed E-state index contributed by atoms with van der Waals surface area (Å²) in [5, 5.41) is 0. The molecule has 0 aliphatic carbocycles. The van der Waals surface area contributed by atoms with Gasteiger partial charge in [-0.25, -0.2) is 0 Å². The Balaban J connectivity index is 1.56. The lowest BCUT2D eigenvalue weighted by Crippen LogP contribution is -2.82. The van der Waals surface area contributed by atoms with E-state index in [9.17, 15) is 0 Å². The molecule has 0 spiro atoms. The van der Waals surface area contributed by atoms with Gasteiger partial charge in [0.15, 0.2) is 0 Å². The number of piperazine rings is 2. The molecule has 4 saturated heterocycles. The molecule has 0 N–H and O–H groups in total. The molecule has 0 aromatic heterocycles. The Kier molecular flexibility index (Phi) is 4.03. The first-order chi connectivity index (χ1) is 11.1. The Morgan fingerprint density at radius 1 is 0.500 bits per heavy atom. The Bertz CT molecular complexity index is 409. The molecule has 0 saturated carbocycles. The Labute approximate surface area is 147 Å². The first-order valence-electron chi connectivity index (χ1n) is 9.61. The van der Waals surface area contributed by atoms with Crippen molar-refractivity contribution in [3.63, 3.8) is 0 Å². The summed E-state index contributed by atoms with van der Waals surface area (Å²) in [7, 11) is 0. The van der Waals surface area contributed by atoms with Crippen LogP contribution in [0.15, 0.2) is 0 Å². The molecular formula is C18H36N6. The van der Waals surface area contributed by atoms with Gasteiger partial charge in [0.25, 0.3) is 0 Å². The first kappa shape index (κ1) is 17.2. The maximum atomic E-state index is 2.73. The molecule has 24 heavy (non-hydrogen) atoms. The highest BCUT2D eigenvalue weighted by Gasteiger charge is 2.52. The van der Waals surface area contributed by atoms with Crippen molar-refractivity contribution in [1.29, 1.82) is 0 Å². The van der Waals surface area contributed by atoms with E-state index >= 15 is 0 Å². The average Bonchev–Trinajstić information content (AvgIpc) is 2.50. The maximum Gasteiger partial charge on any atom is 0.0943 e. The normalized spacial score (nSPS) is 35.2. The predicted molar refractivity (Wildman–Crippen MR) is 97.1 cm³/mol. The van der Waals surface area contributed by atoms with Gasteiger partial charge in [0.1, 0.15) is 0 Å². The first-order valence-corrected chi connectivity index (χ1v) is 9.61. The van der Waals surface area contributed by atoms with Crippen molar-refractivity contribution in [1.82, 2.24) is 29.4 Å². The number of hydrogen-bond acceptors (Lipinski definition) is 6. The summed E-state index contributed by atoms with van der Waals surface area (Å²) in [4.78, 5) is 16.2. The van der Waals surface area contributed by atoms with Crippen LogP contribution in [0.3, 0.4) is 0 Å². The van der Waals surface area contributed by atoms with Gasteiger partial charge < -0.3 is 0 Å². The summed E-state index contributed by atoms with van der Waals surface area (Å²) in [6, 6.07) is 0. The zero-order chi connectivity index (χ0) is 17.3. The summed E-state index contributed by atoms with van der Waals surface area (Å²) in [6.45, 7) is 23.3. The van der Waals surface area contributed by atoms with Crippen molar-refractivity contribution < 1.29 is 0 Å². The zero-order valence-electron chi connectivity index (χ0n) is 16.5. The second-order valence-corrected chi connectivity index (χ2v) is 10.1. The molecule has 4 aliphatic heterocycles. The van der Waals surface area contributed by atoms with Crippen LogP contribution in [0.1, 0.15) is 41.5 Å². The van der Waals surface area contributed by atoms with Gasteiger partial charge in [0.2, 0.25) is 0 Å². The van der Waals surface area contributed by atoms with Gasteiger partial charge in [0.05, 0.1) is 39.0 Å². The molecule has 0 unspecified atom stereocenters. The highest BCUT2D eigenvalue weighted by Crippen LogP contribution is 2.35. The summed E-state index contributed by atoms with van der Waals surface area (Å²) in [5.41, 5.74) is 0.490. The summed E-state index contributed by atoms with van der Waals surface area (Å²) in [6.07, 6.45) is 1.15. The average molecular weight is 337 g/mol. The van der Waals surface area contributed by atoms with Gasteiger partial charge in [0, 0.05) is 37.3 Å². The second kappa shape index (κ2) is 5.63. The number of rotatable bonds is 0. The number of hydrogen-bond donors (Lipinski definition) is 0. The summed E-state index contributed by atoms with van der Waals surface area (Å²) in [5.74, 6) is 0. The van der Waals surface area contributed by atoms with E-state index in [0.29, 0.717) is 12.3 Å². The minimum atomic E-state index is 0.245. The van der Waals surface area contributed by atoms with Crippen LogP contribution in [0.2, 0.25) is 0 Å². The lowest BCUT2D eigenvalue weighted by Gasteiger charge is -2.65. The lowest BCUT2D eigenvalue weighted by atomic mass is 10.0.